The zero-order chi connectivity index (χ0) is 15.5. The SMILES string of the molecule is COc1ccc(Cc2ncc(-c3cccc(C)n3)[nH]2)cc1Br. The van der Waals surface area contributed by atoms with Gasteiger partial charge in [-0.05, 0) is 52.7 Å². The quantitative estimate of drug-likeness (QED) is 0.763. The summed E-state index contributed by atoms with van der Waals surface area (Å²) in [5.41, 5.74) is 4.00. The van der Waals surface area contributed by atoms with Crippen molar-refractivity contribution in [2.24, 2.45) is 0 Å². The van der Waals surface area contributed by atoms with Gasteiger partial charge in [-0.1, -0.05) is 12.1 Å². The smallest absolute Gasteiger partial charge is 0.133 e. The van der Waals surface area contributed by atoms with Crippen molar-refractivity contribution in [1.29, 1.82) is 0 Å². The Morgan fingerprint density at radius 3 is 2.82 bits per heavy atom. The molecule has 2 aromatic heterocycles. The second-order valence-electron chi connectivity index (χ2n) is 5.05. The molecule has 0 spiro atoms. The molecule has 3 rings (SSSR count). The zero-order valence-corrected chi connectivity index (χ0v) is 14.0. The van der Waals surface area contributed by atoms with Crippen molar-refractivity contribution in [1.82, 2.24) is 15.0 Å². The highest BCUT2D eigenvalue weighted by atomic mass is 79.9. The van der Waals surface area contributed by atoms with E-state index in [1.54, 1.807) is 7.11 Å². The van der Waals surface area contributed by atoms with E-state index in [4.69, 9.17) is 4.74 Å². The van der Waals surface area contributed by atoms with Crippen LogP contribution in [0.3, 0.4) is 0 Å². The van der Waals surface area contributed by atoms with Crippen LogP contribution >= 0.6 is 15.9 Å². The molecule has 1 N–H and O–H groups in total. The highest BCUT2D eigenvalue weighted by Gasteiger charge is 2.07. The van der Waals surface area contributed by atoms with E-state index in [1.807, 2.05) is 49.5 Å². The van der Waals surface area contributed by atoms with Crippen LogP contribution in [0.15, 0.2) is 47.1 Å². The number of ether oxygens (including phenoxy) is 1. The van der Waals surface area contributed by atoms with Gasteiger partial charge in [0.05, 0.1) is 29.2 Å². The third-order valence-electron chi connectivity index (χ3n) is 3.38. The molecule has 2 heterocycles. The Labute approximate surface area is 137 Å². The molecule has 0 aliphatic rings. The van der Waals surface area contributed by atoms with Crippen LogP contribution in [0.4, 0.5) is 0 Å². The minimum absolute atomic E-state index is 0.731. The van der Waals surface area contributed by atoms with Crippen molar-refractivity contribution in [3.05, 3.63) is 64.1 Å². The Balaban J connectivity index is 1.81. The number of halogens is 1. The predicted octanol–water partition coefficient (Wildman–Crippen LogP) is 4.14. The Kier molecular flexibility index (Phi) is 4.24. The number of nitrogens with one attached hydrogen (secondary N) is 1. The minimum atomic E-state index is 0.731. The first-order valence-corrected chi connectivity index (χ1v) is 7.75. The van der Waals surface area contributed by atoms with Gasteiger partial charge in [0.1, 0.15) is 11.6 Å². The van der Waals surface area contributed by atoms with Gasteiger partial charge in [0.25, 0.3) is 0 Å². The Hall–Kier alpha value is -2.14. The van der Waals surface area contributed by atoms with Gasteiger partial charge < -0.3 is 9.72 Å². The average Bonchev–Trinajstić information content (AvgIpc) is 2.96. The van der Waals surface area contributed by atoms with Gasteiger partial charge >= 0.3 is 0 Å². The molecule has 22 heavy (non-hydrogen) atoms. The van der Waals surface area contributed by atoms with Gasteiger partial charge in [-0.25, -0.2) is 4.98 Å². The lowest BCUT2D eigenvalue weighted by molar-refractivity contribution is 0.412. The highest BCUT2D eigenvalue weighted by Crippen LogP contribution is 2.26. The highest BCUT2D eigenvalue weighted by molar-refractivity contribution is 9.10. The van der Waals surface area contributed by atoms with Crippen LogP contribution in [0, 0.1) is 6.92 Å². The van der Waals surface area contributed by atoms with Gasteiger partial charge in [0.2, 0.25) is 0 Å². The van der Waals surface area contributed by atoms with E-state index in [1.165, 1.54) is 0 Å². The molecule has 0 atom stereocenters. The number of rotatable bonds is 4. The van der Waals surface area contributed by atoms with Gasteiger partial charge in [0, 0.05) is 12.1 Å². The number of hydrogen-bond acceptors (Lipinski definition) is 3. The number of methoxy groups -OCH3 is 1. The molecular formula is C17H16BrN3O. The first-order valence-electron chi connectivity index (χ1n) is 6.96. The summed E-state index contributed by atoms with van der Waals surface area (Å²) in [7, 11) is 1.66. The topological polar surface area (TPSA) is 50.8 Å². The third-order valence-corrected chi connectivity index (χ3v) is 4.00. The lowest BCUT2D eigenvalue weighted by Gasteiger charge is -2.05. The molecule has 0 radical (unpaired) electrons. The van der Waals surface area contributed by atoms with Crippen LogP contribution in [-0.2, 0) is 6.42 Å². The molecule has 0 aliphatic carbocycles. The van der Waals surface area contributed by atoms with Crippen LogP contribution in [0.5, 0.6) is 5.75 Å². The number of imidazole rings is 1. The molecule has 1 aromatic carbocycles. The van der Waals surface area contributed by atoms with Gasteiger partial charge in [0.15, 0.2) is 0 Å². The van der Waals surface area contributed by atoms with E-state index < -0.39 is 0 Å². The molecule has 0 saturated carbocycles. The fourth-order valence-corrected chi connectivity index (χ4v) is 2.88. The number of H-pyrrole nitrogens is 1. The summed E-state index contributed by atoms with van der Waals surface area (Å²) >= 11 is 3.50. The Morgan fingerprint density at radius 1 is 1.23 bits per heavy atom. The van der Waals surface area contributed by atoms with E-state index in [9.17, 15) is 0 Å². The lowest BCUT2D eigenvalue weighted by Crippen LogP contribution is -1.93. The summed E-state index contributed by atoms with van der Waals surface area (Å²) in [5, 5.41) is 0. The number of aromatic nitrogens is 3. The van der Waals surface area contributed by atoms with Crippen LogP contribution < -0.4 is 4.74 Å². The summed E-state index contributed by atoms with van der Waals surface area (Å²) < 4.78 is 6.19. The van der Waals surface area contributed by atoms with Crippen LogP contribution in [0.1, 0.15) is 17.1 Å². The van der Waals surface area contributed by atoms with E-state index in [-0.39, 0.29) is 0 Å². The zero-order valence-electron chi connectivity index (χ0n) is 12.4. The van der Waals surface area contributed by atoms with Crippen molar-refractivity contribution in [3.63, 3.8) is 0 Å². The molecule has 0 unspecified atom stereocenters. The normalized spacial score (nSPS) is 10.7. The van der Waals surface area contributed by atoms with Gasteiger partial charge in [-0.3, -0.25) is 4.98 Å². The largest absolute Gasteiger partial charge is 0.496 e. The second-order valence-corrected chi connectivity index (χ2v) is 5.91. The fraction of sp³-hybridized carbons (Fsp3) is 0.176. The average molecular weight is 358 g/mol. The molecular weight excluding hydrogens is 342 g/mol. The monoisotopic (exact) mass is 357 g/mol. The molecule has 3 aromatic rings. The number of aromatic amines is 1. The maximum Gasteiger partial charge on any atom is 0.133 e. The summed E-state index contributed by atoms with van der Waals surface area (Å²) in [6.07, 6.45) is 2.56. The molecule has 4 nitrogen and oxygen atoms in total. The summed E-state index contributed by atoms with van der Waals surface area (Å²) in [6.45, 7) is 1.98. The number of hydrogen-bond donors (Lipinski definition) is 1. The predicted molar refractivity (Wildman–Crippen MR) is 90.1 cm³/mol. The van der Waals surface area contributed by atoms with E-state index in [2.05, 4.69) is 30.9 Å². The van der Waals surface area contributed by atoms with Gasteiger partial charge in [-0.15, -0.1) is 0 Å². The Bertz CT molecular complexity index is 798. The number of benzene rings is 1. The summed E-state index contributed by atoms with van der Waals surface area (Å²) in [4.78, 5) is 12.3. The van der Waals surface area contributed by atoms with E-state index >= 15 is 0 Å². The fourth-order valence-electron chi connectivity index (χ4n) is 2.29. The second kappa shape index (κ2) is 6.32. The molecule has 112 valence electrons. The number of aryl methyl sites for hydroxylation is 1. The van der Waals surface area contributed by atoms with Crippen molar-refractivity contribution in [2.75, 3.05) is 7.11 Å². The van der Waals surface area contributed by atoms with Crippen molar-refractivity contribution >= 4 is 15.9 Å². The molecule has 0 fully saturated rings. The molecule has 0 aliphatic heterocycles. The molecule has 0 amide bonds. The van der Waals surface area contributed by atoms with E-state index in [0.29, 0.717) is 0 Å². The first-order chi connectivity index (χ1) is 10.7. The first kappa shape index (κ1) is 14.8. The molecule has 0 bridgehead atoms. The van der Waals surface area contributed by atoms with Gasteiger partial charge in [-0.2, -0.15) is 0 Å². The minimum Gasteiger partial charge on any atom is -0.496 e. The van der Waals surface area contributed by atoms with Crippen molar-refractivity contribution in [3.8, 4) is 17.1 Å². The third kappa shape index (κ3) is 3.20. The van der Waals surface area contributed by atoms with E-state index in [0.717, 1.165) is 45.1 Å². The number of pyridine rings is 1. The molecule has 0 saturated heterocycles. The summed E-state index contributed by atoms with van der Waals surface area (Å²) in [6, 6.07) is 12.0. The maximum atomic E-state index is 5.24. The summed E-state index contributed by atoms with van der Waals surface area (Å²) in [5.74, 6) is 1.74. The Morgan fingerprint density at radius 2 is 2.09 bits per heavy atom. The van der Waals surface area contributed by atoms with Crippen LogP contribution in [0.25, 0.3) is 11.4 Å². The lowest BCUT2D eigenvalue weighted by atomic mass is 10.1. The number of nitrogens with zero attached hydrogens (tertiary/aromatic N) is 2. The van der Waals surface area contributed by atoms with Crippen LogP contribution in [-0.4, -0.2) is 22.1 Å². The van der Waals surface area contributed by atoms with Crippen molar-refractivity contribution < 1.29 is 4.74 Å². The molecule has 5 heteroatoms. The standard InChI is InChI=1S/C17H16BrN3O/c1-11-4-3-5-14(20-11)15-10-19-17(21-15)9-12-6-7-16(22-2)13(18)8-12/h3-8,10H,9H2,1-2H3,(H,19,21). The van der Waals surface area contributed by atoms with Crippen LogP contribution in [0.2, 0.25) is 0 Å². The van der Waals surface area contributed by atoms with Crippen molar-refractivity contribution in [2.45, 2.75) is 13.3 Å². The maximum absolute atomic E-state index is 5.24.